The van der Waals surface area contributed by atoms with Crippen molar-refractivity contribution in [3.8, 4) is 0 Å². The van der Waals surface area contributed by atoms with E-state index in [0.717, 1.165) is 11.1 Å². The fourth-order valence-corrected chi connectivity index (χ4v) is 1.82. The van der Waals surface area contributed by atoms with Crippen molar-refractivity contribution in [3.05, 3.63) is 35.4 Å². The number of nitrogens with one attached hydrogen (secondary N) is 1. The van der Waals surface area contributed by atoms with Gasteiger partial charge < -0.3 is 10.2 Å². The molecule has 4 heteroatoms. The molecule has 0 atom stereocenters. The fraction of sp³-hybridized carbons (Fsp3) is 0.500. The van der Waals surface area contributed by atoms with Crippen LogP contribution < -0.4 is 5.32 Å². The summed E-state index contributed by atoms with van der Waals surface area (Å²) in [6, 6.07) is 7.90. The first kappa shape index (κ1) is 16.2. The Hall–Kier alpha value is -1.84. The summed E-state index contributed by atoms with van der Waals surface area (Å²) in [6.07, 6.45) is 0. The smallest absolute Gasteiger partial charge is 0.239 e. The summed E-state index contributed by atoms with van der Waals surface area (Å²) in [5, 5.41) is 2.84. The maximum atomic E-state index is 11.8. The van der Waals surface area contributed by atoms with Crippen LogP contribution in [0.5, 0.6) is 0 Å². The molecule has 0 spiro atoms. The molecule has 1 aromatic carbocycles. The van der Waals surface area contributed by atoms with Crippen molar-refractivity contribution in [2.75, 3.05) is 13.1 Å². The number of hydrogen-bond donors (Lipinski definition) is 1. The first-order valence-corrected chi connectivity index (χ1v) is 6.97. The molecule has 4 nitrogen and oxygen atoms in total. The Morgan fingerprint density at radius 2 is 1.90 bits per heavy atom. The Kier molecular flexibility index (Phi) is 6.22. The molecule has 0 fully saturated rings. The van der Waals surface area contributed by atoms with Crippen molar-refractivity contribution in [1.29, 1.82) is 0 Å². The van der Waals surface area contributed by atoms with E-state index in [1.807, 2.05) is 45.0 Å². The van der Waals surface area contributed by atoms with E-state index >= 15 is 0 Å². The lowest BCUT2D eigenvalue weighted by Crippen LogP contribution is -2.40. The molecule has 20 heavy (non-hydrogen) atoms. The lowest BCUT2D eigenvalue weighted by molar-refractivity contribution is -0.135. The summed E-state index contributed by atoms with van der Waals surface area (Å²) in [7, 11) is 0. The second-order valence-corrected chi connectivity index (χ2v) is 5.50. The largest absolute Gasteiger partial charge is 0.354 e. The highest BCUT2D eigenvalue weighted by Gasteiger charge is 2.14. The van der Waals surface area contributed by atoms with E-state index in [1.165, 1.54) is 6.92 Å². The molecule has 0 aliphatic carbocycles. The minimum absolute atomic E-state index is 0.0899. The lowest BCUT2D eigenvalue weighted by atomic mass is 10.1. The van der Waals surface area contributed by atoms with Crippen molar-refractivity contribution >= 4 is 11.8 Å². The average Bonchev–Trinajstić information content (AvgIpc) is 2.38. The number of carbonyl (C=O) groups excluding carboxylic acids is 2. The number of carbonyl (C=O) groups is 2. The number of rotatable bonds is 6. The Bertz CT molecular complexity index is 469. The van der Waals surface area contributed by atoms with E-state index in [4.69, 9.17) is 0 Å². The number of hydrogen-bond acceptors (Lipinski definition) is 2. The van der Waals surface area contributed by atoms with Crippen molar-refractivity contribution in [1.82, 2.24) is 10.2 Å². The van der Waals surface area contributed by atoms with Gasteiger partial charge in [-0.2, -0.15) is 0 Å². The first-order chi connectivity index (χ1) is 9.40. The normalized spacial score (nSPS) is 10.4. The third-order valence-electron chi connectivity index (χ3n) is 3.11. The van der Waals surface area contributed by atoms with Crippen molar-refractivity contribution in [2.24, 2.45) is 5.92 Å². The molecule has 0 unspecified atom stereocenters. The van der Waals surface area contributed by atoms with Crippen LogP contribution in [0, 0.1) is 12.8 Å². The van der Waals surface area contributed by atoms with Crippen LogP contribution in [-0.4, -0.2) is 29.8 Å². The highest BCUT2D eigenvalue weighted by atomic mass is 16.2. The first-order valence-electron chi connectivity index (χ1n) is 6.97. The highest BCUT2D eigenvalue weighted by molar-refractivity contribution is 5.83. The summed E-state index contributed by atoms with van der Waals surface area (Å²) >= 11 is 0. The molecule has 1 aromatic rings. The Morgan fingerprint density at radius 3 is 2.45 bits per heavy atom. The molecule has 0 saturated carbocycles. The van der Waals surface area contributed by atoms with E-state index in [9.17, 15) is 9.59 Å². The Balaban J connectivity index is 2.64. The average molecular weight is 276 g/mol. The number of benzene rings is 1. The number of amides is 2. The van der Waals surface area contributed by atoms with Crippen LogP contribution >= 0.6 is 0 Å². The van der Waals surface area contributed by atoms with Gasteiger partial charge in [0.05, 0.1) is 6.54 Å². The quantitative estimate of drug-likeness (QED) is 0.865. The minimum Gasteiger partial charge on any atom is -0.354 e. The molecule has 0 heterocycles. The van der Waals surface area contributed by atoms with Gasteiger partial charge in [-0.15, -0.1) is 0 Å². The van der Waals surface area contributed by atoms with Crippen LogP contribution in [0.3, 0.4) is 0 Å². The standard InChI is InChI=1S/C16H24N2O2/c1-12(2)9-17-16(20)11-18(14(4)19)10-15-8-6-5-7-13(15)3/h5-8,12H,9-11H2,1-4H3,(H,17,20). The topological polar surface area (TPSA) is 49.4 Å². The SMILES string of the molecule is CC(=O)N(CC(=O)NCC(C)C)Cc1ccccc1C. The van der Waals surface area contributed by atoms with Gasteiger partial charge in [0, 0.05) is 20.0 Å². The summed E-state index contributed by atoms with van der Waals surface area (Å²) in [4.78, 5) is 25.1. The maximum Gasteiger partial charge on any atom is 0.239 e. The van der Waals surface area contributed by atoms with Crippen molar-refractivity contribution < 1.29 is 9.59 Å². The van der Waals surface area contributed by atoms with Crippen LogP contribution in [0.25, 0.3) is 0 Å². The monoisotopic (exact) mass is 276 g/mol. The summed E-state index contributed by atoms with van der Waals surface area (Å²) in [6.45, 7) is 8.79. The molecule has 1 rings (SSSR count). The van der Waals surface area contributed by atoms with Crippen molar-refractivity contribution in [3.63, 3.8) is 0 Å². The van der Waals surface area contributed by atoms with E-state index in [2.05, 4.69) is 5.32 Å². The third kappa shape index (κ3) is 5.43. The van der Waals surface area contributed by atoms with Gasteiger partial charge in [-0.1, -0.05) is 38.1 Å². The zero-order valence-electron chi connectivity index (χ0n) is 12.8. The van der Waals surface area contributed by atoms with Gasteiger partial charge in [0.25, 0.3) is 0 Å². The van der Waals surface area contributed by atoms with Crippen LogP contribution in [0.15, 0.2) is 24.3 Å². The van der Waals surface area contributed by atoms with Gasteiger partial charge in [0.1, 0.15) is 0 Å². The van der Waals surface area contributed by atoms with E-state index in [-0.39, 0.29) is 18.4 Å². The van der Waals surface area contributed by atoms with E-state index in [1.54, 1.807) is 4.90 Å². The van der Waals surface area contributed by atoms with Crippen molar-refractivity contribution in [2.45, 2.75) is 34.2 Å². The van der Waals surface area contributed by atoms with Crippen LogP contribution in [0.4, 0.5) is 0 Å². The van der Waals surface area contributed by atoms with Crippen LogP contribution in [0.1, 0.15) is 31.9 Å². The van der Waals surface area contributed by atoms with Gasteiger partial charge in [0.2, 0.25) is 11.8 Å². The van der Waals surface area contributed by atoms with E-state index < -0.39 is 0 Å². The molecule has 0 aliphatic rings. The summed E-state index contributed by atoms with van der Waals surface area (Å²) < 4.78 is 0. The van der Waals surface area contributed by atoms with Gasteiger partial charge in [-0.05, 0) is 24.0 Å². The molecule has 110 valence electrons. The van der Waals surface area contributed by atoms with Gasteiger partial charge in [0.15, 0.2) is 0 Å². The lowest BCUT2D eigenvalue weighted by Gasteiger charge is -2.22. The zero-order chi connectivity index (χ0) is 15.1. The fourth-order valence-electron chi connectivity index (χ4n) is 1.82. The predicted octanol–water partition coefficient (Wildman–Crippen LogP) is 2.12. The Morgan fingerprint density at radius 1 is 1.25 bits per heavy atom. The molecule has 0 aromatic heterocycles. The molecule has 0 saturated heterocycles. The molecule has 1 N–H and O–H groups in total. The molecular formula is C16H24N2O2. The predicted molar refractivity (Wildman–Crippen MR) is 80.1 cm³/mol. The summed E-state index contributed by atoms with van der Waals surface area (Å²) in [5.41, 5.74) is 2.20. The molecule has 0 radical (unpaired) electrons. The number of nitrogens with zero attached hydrogens (tertiary/aromatic N) is 1. The van der Waals surface area contributed by atoms with Gasteiger partial charge >= 0.3 is 0 Å². The highest BCUT2D eigenvalue weighted by Crippen LogP contribution is 2.10. The number of aryl methyl sites for hydroxylation is 1. The zero-order valence-corrected chi connectivity index (χ0v) is 12.8. The molecular weight excluding hydrogens is 252 g/mol. The Labute approximate surface area is 121 Å². The van der Waals surface area contributed by atoms with Gasteiger partial charge in [-0.3, -0.25) is 9.59 Å². The second kappa shape index (κ2) is 7.68. The molecule has 0 aliphatic heterocycles. The van der Waals surface area contributed by atoms with Crippen LogP contribution in [-0.2, 0) is 16.1 Å². The summed E-state index contributed by atoms with van der Waals surface area (Å²) in [5.74, 6) is 0.205. The molecule has 2 amide bonds. The third-order valence-corrected chi connectivity index (χ3v) is 3.11. The van der Waals surface area contributed by atoms with Crippen LogP contribution in [0.2, 0.25) is 0 Å². The van der Waals surface area contributed by atoms with Gasteiger partial charge in [-0.25, -0.2) is 0 Å². The minimum atomic E-state index is -0.109. The second-order valence-electron chi connectivity index (χ2n) is 5.50. The maximum absolute atomic E-state index is 11.8. The molecule has 0 bridgehead atoms. The van der Waals surface area contributed by atoms with E-state index in [0.29, 0.717) is 19.0 Å².